The highest BCUT2D eigenvalue weighted by Crippen LogP contribution is 2.67. The highest BCUT2D eigenvalue weighted by atomic mass is 16.3. The average Bonchev–Trinajstić information content (AvgIpc) is 3.39. The molecule has 2 aromatic rings. The minimum atomic E-state index is -0.112. The summed E-state index contributed by atoms with van der Waals surface area (Å²) in [5.74, 6) is 2.99. The molecule has 170 valence electrons. The number of benzene rings is 1. The Hall–Kier alpha value is -1.87. The van der Waals surface area contributed by atoms with Gasteiger partial charge in [0.1, 0.15) is 0 Å². The maximum Gasteiger partial charge on any atom is 0.0665 e. The van der Waals surface area contributed by atoms with Crippen molar-refractivity contribution in [2.24, 2.45) is 28.6 Å². The second-order valence-electron chi connectivity index (χ2n) is 11.9. The Labute approximate surface area is 192 Å². The summed E-state index contributed by atoms with van der Waals surface area (Å²) in [6.45, 7) is 7.25. The molecule has 1 heterocycles. The molecule has 1 aromatic heterocycles. The summed E-state index contributed by atoms with van der Waals surface area (Å²) in [4.78, 5) is 0. The second kappa shape index (κ2) is 7.32. The maximum absolute atomic E-state index is 10.3. The molecule has 0 spiro atoms. The van der Waals surface area contributed by atoms with E-state index in [1.54, 1.807) is 5.57 Å². The second-order valence-corrected chi connectivity index (χ2v) is 11.9. The lowest BCUT2D eigenvalue weighted by Gasteiger charge is -2.58. The number of nitrogens with zero attached hydrogens (tertiary/aromatic N) is 2. The van der Waals surface area contributed by atoms with Gasteiger partial charge in [-0.3, -0.25) is 0 Å². The van der Waals surface area contributed by atoms with Gasteiger partial charge in [-0.25, -0.2) is 4.68 Å². The number of aryl methyl sites for hydroxylation is 1. The number of aliphatic hydroxyl groups is 1. The van der Waals surface area contributed by atoms with Crippen molar-refractivity contribution >= 4 is 0 Å². The van der Waals surface area contributed by atoms with E-state index in [0.717, 1.165) is 36.3 Å². The number of aliphatic hydroxyl groups excluding tert-OH is 1. The Balaban J connectivity index is 1.27. The summed E-state index contributed by atoms with van der Waals surface area (Å²) in [7, 11) is 0. The monoisotopic (exact) mass is 430 g/mol. The predicted molar refractivity (Wildman–Crippen MR) is 129 cm³/mol. The molecule has 3 saturated carbocycles. The first-order valence-electron chi connectivity index (χ1n) is 12.9. The van der Waals surface area contributed by atoms with Crippen LogP contribution < -0.4 is 0 Å². The number of hydrogen-bond acceptors (Lipinski definition) is 2. The molecule has 0 radical (unpaired) electrons. The van der Waals surface area contributed by atoms with Gasteiger partial charge in [-0.05, 0) is 105 Å². The fraction of sp³-hybridized carbons (Fsp3) is 0.621. The number of allylic oxidation sites excluding steroid dienone is 1. The molecule has 3 heteroatoms. The van der Waals surface area contributed by atoms with Crippen molar-refractivity contribution in [1.29, 1.82) is 0 Å². The van der Waals surface area contributed by atoms with Crippen molar-refractivity contribution in [1.82, 2.24) is 9.78 Å². The summed E-state index contributed by atoms with van der Waals surface area (Å²) in [5, 5.41) is 15.4. The molecular formula is C29H38N2O. The lowest BCUT2D eigenvalue weighted by atomic mass is 9.47. The molecule has 7 atom stereocenters. The van der Waals surface area contributed by atoms with Crippen LogP contribution >= 0.6 is 0 Å². The first-order chi connectivity index (χ1) is 15.4. The third-order valence-electron chi connectivity index (χ3n) is 10.3. The van der Waals surface area contributed by atoms with Gasteiger partial charge in [-0.2, -0.15) is 5.10 Å². The van der Waals surface area contributed by atoms with Gasteiger partial charge in [-0.15, -0.1) is 0 Å². The topological polar surface area (TPSA) is 38.0 Å². The van der Waals surface area contributed by atoms with Crippen LogP contribution in [0.5, 0.6) is 0 Å². The SMILES string of the molecule is Cc1ccc(-n2ccc([C@H]3CC[C@H]4[C@@H]5CC=C6C[C@@H](O)CC[C@]6(C)[C@H]5CC[C@]34C)n2)cc1. The lowest BCUT2D eigenvalue weighted by Crippen LogP contribution is -2.50. The van der Waals surface area contributed by atoms with Crippen molar-refractivity contribution in [3.05, 3.63) is 59.4 Å². The molecule has 0 amide bonds. The first-order valence-corrected chi connectivity index (χ1v) is 12.9. The fourth-order valence-corrected chi connectivity index (χ4v) is 8.49. The van der Waals surface area contributed by atoms with Gasteiger partial charge in [0.2, 0.25) is 0 Å². The van der Waals surface area contributed by atoms with Gasteiger partial charge in [-0.1, -0.05) is 43.2 Å². The third-order valence-corrected chi connectivity index (χ3v) is 10.3. The molecule has 32 heavy (non-hydrogen) atoms. The van der Waals surface area contributed by atoms with Crippen molar-refractivity contribution in [2.75, 3.05) is 0 Å². The molecule has 6 rings (SSSR count). The molecule has 4 aliphatic carbocycles. The largest absolute Gasteiger partial charge is 0.393 e. The highest BCUT2D eigenvalue weighted by Gasteiger charge is 2.59. The number of fused-ring (bicyclic) bond motifs is 5. The molecule has 1 N–H and O–H groups in total. The zero-order valence-electron chi connectivity index (χ0n) is 19.9. The molecule has 3 fully saturated rings. The van der Waals surface area contributed by atoms with E-state index < -0.39 is 0 Å². The molecule has 4 aliphatic rings. The highest BCUT2D eigenvalue weighted by molar-refractivity contribution is 5.34. The van der Waals surface area contributed by atoms with E-state index in [2.05, 4.69) is 68.1 Å². The predicted octanol–water partition coefficient (Wildman–Crippen LogP) is 6.59. The molecular weight excluding hydrogens is 392 g/mol. The van der Waals surface area contributed by atoms with E-state index in [1.807, 2.05) is 0 Å². The summed E-state index contributed by atoms with van der Waals surface area (Å²) < 4.78 is 2.07. The summed E-state index contributed by atoms with van der Waals surface area (Å²) in [6, 6.07) is 11.0. The fourth-order valence-electron chi connectivity index (χ4n) is 8.49. The summed E-state index contributed by atoms with van der Waals surface area (Å²) in [6.07, 6.45) is 14.2. The number of hydrogen-bond donors (Lipinski definition) is 1. The van der Waals surface area contributed by atoms with Crippen LogP contribution in [0.3, 0.4) is 0 Å². The van der Waals surface area contributed by atoms with Crippen molar-refractivity contribution in [3.63, 3.8) is 0 Å². The molecule has 0 aliphatic heterocycles. The van der Waals surface area contributed by atoms with Crippen molar-refractivity contribution in [2.45, 2.75) is 84.2 Å². The third kappa shape index (κ3) is 3.00. The molecule has 3 nitrogen and oxygen atoms in total. The standard InChI is InChI=1S/C29H38N2O/c1-19-4-7-21(8-5-19)31-17-14-27(30-31)26-11-10-24-23-9-6-20-18-22(32)12-15-28(20,2)25(23)13-16-29(24,26)3/h4-8,14,17,22-26,32H,9-13,15-16,18H2,1-3H3/t22-,23-,24-,25-,26+,28-,29-/m0/s1. The zero-order valence-corrected chi connectivity index (χ0v) is 19.9. The van der Waals surface area contributed by atoms with Crippen LogP contribution in [0.15, 0.2) is 48.2 Å². The van der Waals surface area contributed by atoms with E-state index in [0.29, 0.717) is 16.7 Å². The van der Waals surface area contributed by atoms with E-state index >= 15 is 0 Å². The molecule has 0 saturated heterocycles. The average molecular weight is 431 g/mol. The van der Waals surface area contributed by atoms with Crippen LogP contribution in [0.2, 0.25) is 0 Å². The van der Waals surface area contributed by atoms with Gasteiger partial charge in [0.05, 0.1) is 17.5 Å². The van der Waals surface area contributed by atoms with Gasteiger partial charge in [0.25, 0.3) is 0 Å². The first kappa shape index (κ1) is 20.7. The van der Waals surface area contributed by atoms with Gasteiger partial charge in [0, 0.05) is 12.1 Å². The Bertz CT molecular complexity index is 1040. The minimum Gasteiger partial charge on any atom is -0.393 e. The van der Waals surface area contributed by atoms with E-state index in [9.17, 15) is 5.11 Å². The maximum atomic E-state index is 10.3. The molecule has 1 aromatic carbocycles. The smallest absolute Gasteiger partial charge is 0.0665 e. The minimum absolute atomic E-state index is 0.112. The molecule has 0 bridgehead atoms. The normalized spacial score (nSPS) is 40.9. The lowest BCUT2D eigenvalue weighted by molar-refractivity contribution is -0.0412. The van der Waals surface area contributed by atoms with Gasteiger partial charge < -0.3 is 5.11 Å². The van der Waals surface area contributed by atoms with Crippen LogP contribution in [0.4, 0.5) is 0 Å². The van der Waals surface area contributed by atoms with Crippen molar-refractivity contribution < 1.29 is 5.11 Å². The van der Waals surface area contributed by atoms with Crippen LogP contribution in [0, 0.1) is 35.5 Å². The van der Waals surface area contributed by atoms with Crippen LogP contribution in [0.1, 0.15) is 82.4 Å². The number of aromatic nitrogens is 2. The van der Waals surface area contributed by atoms with Gasteiger partial charge in [0.15, 0.2) is 0 Å². The zero-order chi connectivity index (χ0) is 22.1. The summed E-state index contributed by atoms with van der Waals surface area (Å²) in [5.41, 5.74) is 6.01. The van der Waals surface area contributed by atoms with E-state index in [1.165, 1.54) is 49.8 Å². The summed E-state index contributed by atoms with van der Waals surface area (Å²) >= 11 is 0. The Morgan fingerprint density at radius 2 is 1.78 bits per heavy atom. The molecule has 0 unspecified atom stereocenters. The van der Waals surface area contributed by atoms with Crippen LogP contribution in [-0.2, 0) is 0 Å². The Morgan fingerprint density at radius 3 is 2.59 bits per heavy atom. The van der Waals surface area contributed by atoms with E-state index in [4.69, 9.17) is 5.10 Å². The Kier molecular flexibility index (Phi) is 4.74. The Morgan fingerprint density at radius 1 is 0.969 bits per heavy atom. The van der Waals surface area contributed by atoms with Crippen molar-refractivity contribution in [3.8, 4) is 5.69 Å². The number of rotatable bonds is 2. The van der Waals surface area contributed by atoms with Crippen LogP contribution in [0.25, 0.3) is 5.69 Å². The van der Waals surface area contributed by atoms with E-state index in [-0.39, 0.29) is 6.10 Å². The van der Waals surface area contributed by atoms with Gasteiger partial charge >= 0.3 is 0 Å². The quantitative estimate of drug-likeness (QED) is 0.546. The van der Waals surface area contributed by atoms with Crippen LogP contribution in [-0.4, -0.2) is 21.0 Å².